The molecular weight excluding hydrogens is 288 g/mol. The van der Waals surface area contributed by atoms with Gasteiger partial charge in [0.05, 0.1) is 16.0 Å². The van der Waals surface area contributed by atoms with Crippen LogP contribution in [0.1, 0.15) is 48.2 Å². The van der Waals surface area contributed by atoms with Crippen LogP contribution in [0.15, 0.2) is 12.1 Å². The minimum absolute atomic E-state index is 0.0603. The molecule has 1 aromatic heterocycles. The molecule has 21 heavy (non-hydrogen) atoms. The van der Waals surface area contributed by atoms with Crippen LogP contribution in [0.5, 0.6) is 0 Å². The van der Waals surface area contributed by atoms with Gasteiger partial charge in [0.25, 0.3) is 5.91 Å². The Morgan fingerprint density at radius 3 is 2.48 bits per heavy atom. The van der Waals surface area contributed by atoms with Crippen molar-refractivity contribution in [1.29, 1.82) is 0 Å². The zero-order valence-electron chi connectivity index (χ0n) is 11.8. The van der Waals surface area contributed by atoms with Gasteiger partial charge in [0.1, 0.15) is 0 Å². The van der Waals surface area contributed by atoms with Gasteiger partial charge in [0.15, 0.2) is 0 Å². The Labute approximate surface area is 127 Å². The smallest absolute Gasteiger partial charge is 0.261 e. The lowest BCUT2D eigenvalue weighted by Gasteiger charge is -2.25. The highest BCUT2D eigenvalue weighted by Crippen LogP contribution is 2.31. The molecule has 0 radical (unpaired) electrons. The standard InChI is InChI=1S/C15H20N2O3S/c18-11-5-3-10(4-6-11)16-15(20)12-7-8-13(21-12)17-14(19)9-1-2-9/h7-11,18H,1-6H2,(H,16,20)(H,17,19). The molecule has 2 saturated carbocycles. The van der Waals surface area contributed by atoms with Crippen LogP contribution in [0, 0.1) is 5.92 Å². The molecule has 1 heterocycles. The number of aliphatic hydroxyl groups excluding tert-OH is 1. The van der Waals surface area contributed by atoms with Crippen molar-refractivity contribution in [3.63, 3.8) is 0 Å². The Kier molecular flexibility index (Phi) is 4.26. The van der Waals surface area contributed by atoms with Gasteiger partial charge in [0, 0.05) is 12.0 Å². The zero-order chi connectivity index (χ0) is 14.8. The molecule has 5 nitrogen and oxygen atoms in total. The van der Waals surface area contributed by atoms with Gasteiger partial charge in [-0.2, -0.15) is 0 Å². The highest BCUT2D eigenvalue weighted by Gasteiger charge is 2.30. The first-order valence-electron chi connectivity index (χ1n) is 7.51. The van der Waals surface area contributed by atoms with Gasteiger partial charge >= 0.3 is 0 Å². The monoisotopic (exact) mass is 308 g/mol. The van der Waals surface area contributed by atoms with E-state index in [4.69, 9.17) is 0 Å². The summed E-state index contributed by atoms with van der Waals surface area (Å²) >= 11 is 1.31. The Morgan fingerprint density at radius 1 is 1.10 bits per heavy atom. The molecule has 0 atom stereocenters. The molecule has 6 heteroatoms. The van der Waals surface area contributed by atoms with Gasteiger partial charge in [-0.3, -0.25) is 9.59 Å². The van der Waals surface area contributed by atoms with E-state index in [1.807, 2.05) is 0 Å². The molecule has 1 aromatic rings. The average molecular weight is 308 g/mol. The Bertz CT molecular complexity index is 531. The van der Waals surface area contributed by atoms with E-state index in [1.165, 1.54) is 11.3 Å². The summed E-state index contributed by atoms with van der Waals surface area (Å²) in [5.41, 5.74) is 0. The van der Waals surface area contributed by atoms with Crippen LogP contribution in [-0.4, -0.2) is 29.1 Å². The number of thiophene rings is 1. The second kappa shape index (κ2) is 6.15. The molecule has 2 amide bonds. The number of nitrogens with one attached hydrogen (secondary N) is 2. The quantitative estimate of drug-likeness (QED) is 0.797. The number of hydrogen-bond donors (Lipinski definition) is 3. The minimum atomic E-state index is -0.218. The number of carbonyl (C=O) groups excluding carboxylic acids is 2. The molecule has 0 aliphatic heterocycles. The summed E-state index contributed by atoms with van der Waals surface area (Å²) in [6.07, 6.45) is 4.86. The number of rotatable bonds is 4. The third kappa shape index (κ3) is 3.83. The first-order chi connectivity index (χ1) is 10.1. The van der Waals surface area contributed by atoms with Crippen LogP contribution in [0.2, 0.25) is 0 Å². The summed E-state index contributed by atoms with van der Waals surface area (Å²) < 4.78 is 0. The van der Waals surface area contributed by atoms with Crippen LogP contribution in [0.4, 0.5) is 5.00 Å². The fourth-order valence-electron chi connectivity index (χ4n) is 2.57. The number of amides is 2. The van der Waals surface area contributed by atoms with Crippen LogP contribution < -0.4 is 10.6 Å². The van der Waals surface area contributed by atoms with E-state index in [0.29, 0.717) is 4.88 Å². The van der Waals surface area contributed by atoms with E-state index in [9.17, 15) is 14.7 Å². The molecular formula is C15H20N2O3S. The van der Waals surface area contributed by atoms with Crippen LogP contribution in [0.25, 0.3) is 0 Å². The van der Waals surface area contributed by atoms with Crippen molar-refractivity contribution in [2.24, 2.45) is 5.92 Å². The van der Waals surface area contributed by atoms with Gasteiger partial charge < -0.3 is 15.7 Å². The van der Waals surface area contributed by atoms with Crippen LogP contribution >= 0.6 is 11.3 Å². The Balaban J connectivity index is 1.52. The predicted octanol–water partition coefficient (Wildman–Crippen LogP) is 2.13. The largest absolute Gasteiger partial charge is 0.393 e. The summed E-state index contributed by atoms with van der Waals surface area (Å²) in [6, 6.07) is 3.68. The van der Waals surface area contributed by atoms with Crippen molar-refractivity contribution in [1.82, 2.24) is 5.32 Å². The maximum absolute atomic E-state index is 12.2. The lowest BCUT2D eigenvalue weighted by atomic mass is 9.93. The summed E-state index contributed by atoms with van der Waals surface area (Å²) in [5.74, 6) is 0.136. The second-order valence-electron chi connectivity index (χ2n) is 5.91. The molecule has 0 aromatic carbocycles. The number of anilines is 1. The summed E-state index contributed by atoms with van der Waals surface area (Å²) in [6.45, 7) is 0. The third-order valence-corrected chi connectivity index (χ3v) is 5.06. The first kappa shape index (κ1) is 14.5. The topological polar surface area (TPSA) is 78.4 Å². The van der Waals surface area contributed by atoms with E-state index in [0.717, 1.165) is 43.5 Å². The fraction of sp³-hybridized carbons (Fsp3) is 0.600. The second-order valence-corrected chi connectivity index (χ2v) is 6.99. The van der Waals surface area contributed by atoms with Gasteiger partial charge in [-0.15, -0.1) is 11.3 Å². The lowest BCUT2D eigenvalue weighted by molar-refractivity contribution is -0.117. The molecule has 0 saturated heterocycles. The Hall–Kier alpha value is -1.40. The van der Waals surface area contributed by atoms with Crippen molar-refractivity contribution in [3.05, 3.63) is 17.0 Å². The van der Waals surface area contributed by atoms with Crippen molar-refractivity contribution in [2.45, 2.75) is 50.7 Å². The molecule has 2 aliphatic carbocycles. The highest BCUT2D eigenvalue weighted by atomic mass is 32.1. The molecule has 3 rings (SSSR count). The molecule has 114 valence electrons. The number of hydrogen-bond acceptors (Lipinski definition) is 4. The van der Waals surface area contributed by atoms with E-state index in [1.54, 1.807) is 12.1 Å². The maximum atomic E-state index is 12.2. The molecule has 0 unspecified atom stereocenters. The van der Waals surface area contributed by atoms with Crippen LogP contribution in [-0.2, 0) is 4.79 Å². The molecule has 0 spiro atoms. The number of aliphatic hydroxyl groups is 1. The summed E-state index contributed by atoms with van der Waals surface area (Å²) in [4.78, 5) is 24.5. The Morgan fingerprint density at radius 2 is 1.81 bits per heavy atom. The van der Waals surface area contributed by atoms with Gasteiger partial charge in [-0.05, 0) is 50.7 Å². The normalized spacial score (nSPS) is 25.4. The lowest BCUT2D eigenvalue weighted by Crippen LogP contribution is -2.38. The third-order valence-electron chi connectivity index (χ3n) is 4.06. The minimum Gasteiger partial charge on any atom is -0.393 e. The van der Waals surface area contributed by atoms with E-state index in [2.05, 4.69) is 10.6 Å². The fourth-order valence-corrected chi connectivity index (χ4v) is 3.39. The molecule has 2 fully saturated rings. The van der Waals surface area contributed by atoms with Gasteiger partial charge in [-0.25, -0.2) is 0 Å². The summed E-state index contributed by atoms with van der Waals surface area (Å²) in [7, 11) is 0. The molecule has 0 bridgehead atoms. The first-order valence-corrected chi connectivity index (χ1v) is 8.33. The molecule has 2 aliphatic rings. The number of carbonyl (C=O) groups is 2. The summed E-state index contributed by atoms with van der Waals surface area (Å²) in [5, 5.41) is 16.1. The van der Waals surface area contributed by atoms with Gasteiger partial charge in [0.2, 0.25) is 5.91 Å². The van der Waals surface area contributed by atoms with E-state index >= 15 is 0 Å². The maximum Gasteiger partial charge on any atom is 0.261 e. The van der Waals surface area contributed by atoms with E-state index in [-0.39, 0.29) is 29.9 Å². The van der Waals surface area contributed by atoms with Crippen molar-refractivity contribution in [2.75, 3.05) is 5.32 Å². The average Bonchev–Trinajstić information content (AvgIpc) is 3.22. The van der Waals surface area contributed by atoms with Crippen molar-refractivity contribution in [3.8, 4) is 0 Å². The van der Waals surface area contributed by atoms with Crippen molar-refractivity contribution >= 4 is 28.2 Å². The molecule has 3 N–H and O–H groups in total. The predicted molar refractivity (Wildman–Crippen MR) is 81.4 cm³/mol. The zero-order valence-corrected chi connectivity index (χ0v) is 12.6. The van der Waals surface area contributed by atoms with Crippen molar-refractivity contribution < 1.29 is 14.7 Å². The van der Waals surface area contributed by atoms with E-state index < -0.39 is 0 Å². The van der Waals surface area contributed by atoms with Crippen LogP contribution in [0.3, 0.4) is 0 Å². The SMILES string of the molecule is O=C(NC1CCC(O)CC1)c1ccc(NC(=O)C2CC2)s1. The van der Waals surface area contributed by atoms with Gasteiger partial charge in [-0.1, -0.05) is 0 Å². The highest BCUT2D eigenvalue weighted by molar-refractivity contribution is 7.18.